The Morgan fingerprint density at radius 2 is 1.89 bits per heavy atom. The van der Waals surface area contributed by atoms with Gasteiger partial charge in [-0.25, -0.2) is 0 Å². The molecule has 2 N–H and O–H groups in total. The van der Waals surface area contributed by atoms with Gasteiger partial charge in [0.25, 0.3) is 0 Å². The van der Waals surface area contributed by atoms with Gasteiger partial charge in [0, 0.05) is 11.4 Å². The zero-order valence-electron chi connectivity index (χ0n) is 9.67. The summed E-state index contributed by atoms with van der Waals surface area (Å²) in [5, 5.41) is 0.771. The second kappa shape index (κ2) is 3.67. The summed E-state index contributed by atoms with van der Waals surface area (Å²) in [5.74, 6) is 0.550. The van der Waals surface area contributed by atoms with E-state index in [9.17, 15) is 13.2 Å². The van der Waals surface area contributed by atoms with Gasteiger partial charge in [-0.15, -0.1) is 0 Å². The van der Waals surface area contributed by atoms with Crippen molar-refractivity contribution in [3.63, 3.8) is 0 Å². The zero-order chi connectivity index (χ0) is 12.9. The summed E-state index contributed by atoms with van der Waals surface area (Å²) in [7, 11) is 0. The van der Waals surface area contributed by atoms with E-state index in [0.29, 0.717) is 11.3 Å². The summed E-state index contributed by atoms with van der Waals surface area (Å²) < 4.78 is 40.0. The summed E-state index contributed by atoms with van der Waals surface area (Å²) in [5.41, 5.74) is 5.88. The minimum absolute atomic E-state index is 0.256. The molecule has 0 saturated heterocycles. The molecule has 1 aromatic carbocycles. The number of alkyl halides is 3. The number of benzene rings is 1. The Hall–Kier alpha value is -1.65. The highest BCUT2D eigenvalue weighted by Gasteiger charge is 2.31. The third-order valence-corrected chi connectivity index (χ3v) is 3.64. The molecule has 2 aromatic rings. The van der Waals surface area contributed by atoms with Crippen LogP contribution in [0.1, 0.15) is 30.9 Å². The Kier molecular flexibility index (Phi) is 2.33. The van der Waals surface area contributed by atoms with Crippen molar-refractivity contribution in [3.05, 3.63) is 29.8 Å². The average molecular weight is 254 g/mol. The minimum atomic E-state index is -4.31. The van der Waals surface area contributed by atoms with Crippen LogP contribution in [-0.4, -0.2) is 4.57 Å². The van der Waals surface area contributed by atoms with Crippen molar-refractivity contribution >= 4 is 16.7 Å². The molecule has 0 amide bonds. The highest BCUT2D eigenvalue weighted by Crippen LogP contribution is 2.39. The monoisotopic (exact) mass is 254 g/mol. The Balaban J connectivity index is 2.18. The number of hydrogen-bond donors (Lipinski definition) is 1. The van der Waals surface area contributed by atoms with Crippen molar-refractivity contribution in [1.82, 2.24) is 4.57 Å². The molecular formula is C13H13F3N2. The van der Waals surface area contributed by atoms with Gasteiger partial charge in [0.15, 0.2) is 0 Å². The summed E-state index contributed by atoms with van der Waals surface area (Å²) in [4.78, 5) is 0. The number of fused-ring (bicyclic) bond motifs is 1. The second-order valence-electron chi connectivity index (χ2n) is 4.80. The molecule has 0 spiro atoms. The van der Waals surface area contributed by atoms with Gasteiger partial charge < -0.3 is 10.3 Å². The smallest absolute Gasteiger partial charge is 0.385 e. The van der Waals surface area contributed by atoms with Crippen LogP contribution in [0.4, 0.5) is 19.0 Å². The van der Waals surface area contributed by atoms with Crippen LogP contribution in [0, 0.1) is 0 Å². The lowest BCUT2D eigenvalue weighted by atomic mass is 9.92. The number of nitrogens with two attached hydrogens (primary N) is 1. The topological polar surface area (TPSA) is 30.9 Å². The molecule has 1 saturated carbocycles. The summed E-state index contributed by atoms with van der Waals surface area (Å²) >= 11 is 0. The molecule has 0 bridgehead atoms. The van der Waals surface area contributed by atoms with E-state index in [0.717, 1.165) is 30.7 Å². The second-order valence-corrected chi connectivity index (χ2v) is 4.80. The van der Waals surface area contributed by atoms with E-state index in [4.69, 9.17) is 5.73 Å². The number of nitrogens with zero attached hydrogens (tertiary/aromatic N) is 1. The number of halogens is 3. The van der Waals surface area contributed by atoms with Crippen LogP contribution in [0.25, 0.3) is 10.9 Å². The molecule has 1 aliphatic carbocycles. The standard InChI is InChI=1S/C13H13F3N2/c14-13(15,16)9-5-4-8-6-12(17)18(11(8)7-9)10-2-1-3-10/h4-7,10H,1-3,17H2. The first kappa shape index (κ1) is 11.4. The SMILES string of the molecule is Nc1cc2ccc(C(F)(F)F)cc2n1C1CCC1. The molecule has 0 aliphatic heterocycles. The maximum atomic E-state index is 12.7. The van der Waals surface area contributed by atoms with Gasteiger partial charge in [-0.05, 0) is 37.5 Å². The lowest BCUT2D eigenvalue weighted by Gasteiger charge is -2.29. The van der Waals surface area contributed by atoms with E-state index < -0.39 is 11.7 Å². The van der Waals surface area contributed by atoms with E-state index in [1.807, 2.05) is 4.57 Å². The van der Waals surface area contributed by atoms with E-state index >= 15 is 0 Å². The summed E-state index contributed by atoms with van der Waals surface area (Å²) in [6.07, 6.45) is -1.21. The largest absolute Gasteiger partial charge is 0.416 e. The third-order valence-electron chi connectivity index (χ3n) is 3.64. The predicted molar refractivity (Wildman–Crippen MR) is 64.2 cm³/mol. The van der Waals surface area contributed by atoms with Gasteiger partial charge in [-0.1, -0.05) is 6.07 Å². The molecule has 0 atom stereocenters. The predicted octanol–water partition coefficient (Wildman–Crippen LogP) is 3.97. The molecule has 3 rings (SSSR count). The average Bonchev–Trinajstić information content (AvgIpc) is 2.51. The maximum absolute atomic E-state index is 12.7. The molecule has 2 nitrogen and oxygen atoms in total. The van der Waals surface area contributed by atoms with Crippen LogP contribution in [0.5, 0.6) is 0 Å². The fourth-order valence-electron chi connectivity index (χ4n) is 2.47. The number of rotatable bonds is 1. The first-order chi connectivity index (χ1) is 8.47. The molecule has 1 heterocycles. The van der Waals surface area contributed by atoms with Gasteiger partial charge in [-0.3, -0.25) is 0 Å². The number of anilines is 1. The Morgan fingerprint density at radius 3 is 2.44 bits per heavy atom. The van der Waals surface area contributed by atoms with Gasteiger partial charge >= 0.3 is 6.18 Å². The van der Waals surface area contributed by atoms with Crippen LogP contribution in [0.2, 0.25) is 0 Å². The molecular weight excluding hydrogens is 241 g/mol. The molecule has 1 aromatic heterocycles. The van der Waals surface area contributed by atoms with Gasteiger partial charge in [0.05, 0.1) is 11.1 Å². The minimum Gasteiger partial charge on any atom is -0.385 e. The fourth-order valence-corrected chi connectivity index (χ4v) is 2.47. The van der Waals surface area contributed by atoms with Crippen LogP contribution in [0.15, 0.2) is 24.3 Å². The maximum Gasteiger partial charge on any atom is 0.416 e. The first-order valence-electron chi connectivity index (χ1n) is 5.94. The highest BCUT2D eigenvalue weighted by atomic mass is 19.4. The Bertz CT molecular complexity index is 594. The Morgan fingerprint density at radius 1 is 1.17 bits per heavy atom. The number of aromatic nitrogens is 1. The molecule has 1 fully saturated rings. The fraction of sp³-hybridized carbons (Fsp3) is 0.385. The highest BCUT2D eigenvalue weighted by molar-refractivity contribution is 5.85. The summed E-state index contributed by atoms with van der Waals surface area (Å²) in [6, 6.07) is 5.79. The van der Waals surface area contributed by atoms with Crippen LogP contribution in [0.3, 0.4) is 0 Å². The Labute approximate surface area is 102 Å². The van der Waals surface area contributed by atoms with E-state index in [2.05, 4.69) is 0 Å². The molecule has 1 aliphatic rings. The molecule has 18 heavy (non-hydrogen) atoms. The lowest BCUT2D eigenvalue weighted by Crippen LogP contribution is -2.18. The van der Waals surface area contributed by atoms with Gasteiger partial charge in [0.1, 0.15) is 5.82 Å². The zero-order valence-corrected chi connectivity index (χ0v) is 9.67. The van der Waals surface area contributed by atoms with Crippen LogP contribution >= 0.6 is 0 Å². The molecule has 5 heteroatoms. The number of nitrogen functional groups attached to an aromatic ring is 1. The summed E-state index contributed by atoms with van der Waals surface area (Å²) in [6.45, 7) is 0. The van der Waals surface area contributed by atoms with Crippen molar-refractivity contribution in [2.75, 3.05) is 5.73 Å². The first-order valence-corrected chi connectivity index (χ1v) is 5.94. The van der Waals surface area contributed by atoms with Crippen LogP contribution in [-0.2, 0) is 6.18 Å². The normalized spacial score (nSPS) is 17.1. The van der Waals surface area contributed by atoms with Crippen molar-refractivity contribution in [1.29, 1.82) is 0 Å². The van der Waals surface area contributed by atoms with Gasteiger partial charge in [-0.2, -0.15) is 13.2 Å². The van der Waals surface area contributed by atoms with Crippen molar-refractivity contribution < 1.29 is 13.2 Å². The van der Waals surface area contributed by atoms with E-state index in [1.165, 1.54) is 12.1 Å². The quantitative estimate of drug-likeness (QED) is 0.820. The number of hydrogen-bond acceptors (Lipinski definition) is 1. The van der Waals surface area contributed by atoms with Crippen molar-refractivity contribution in [2.24, 2.45) is 0 Å². The van der Waals surface area contributed by atoms with E-state index in [-0.39, 0.29) is 6.04 Å². The van der Waals surface area contributed by atoms with Crippen LogP contribution < -0.4 is 5.73 Å². The van der Waals surface area contributed by atoms with E-state index in [1.54, 1.807) is 6.07 Å². The molecule has 0 unspecified atom stereocenters. The third kappa shape index (κ3) is 1.65. The van der Waals surface area contributed by atoms with Gasteiger partial charge in [0.2, 0.25) is 0 Å². The van der Waals surface area contributed by atoms with Crippen molar-refractivity contribution in [2.45, 2.75) is 31.5 Å². The molecule has 0 radical (unpaired) electrons. The molecule has 96 valence electrons. The lowest BCUT2D eigenvalue weighted by molar-refractivity contribution is -0.137. The van der Waals surface area contributed by atoms with Crippen molar-refractivity contribution in [3.8, 4) is 0 Å².